The van der Waals surface area contributed by atoms with E-state index < -0.39 is 27.6 Å². The van der Waals surface area contributed by atoms with E-state index in [1.54, 1.807) is 12.1 Å². The fourth-order valence-electron chi connectivity index (χ4n) is 3.41. The van der Waals surface area contributed by atoms with Gasteiger partial charge >= 0.3 is 5.97 Å². The van der Waals surface area contributed by atoms with E-state index >= 15 is 0 Å². The van der Waals surface area contributed by atoms with Crippen molar-refractivity contribution >= 4 is 16.0 Å². The summed E-state index contributed by atoms with van der Waals surface area (Å²) in [5.74, 6) is -1.33. The lowest BCUT2D eigenvalue weighted by molar-refractivity contribution is -0.153. The van der Waals surface area contributed by atoms with E-state index in [0.717, 1.165) is 9.87 Å². The number of piperidine rings is 1. The Labute approximate surface area is 168 Å². The van der Waals surface area contributed by atoms with Crippen LogP contribution in [-0.4, -0.2) is 47.1 Å². The van der Waals surface area contributed by atoms with Gasteiger partial charge in [0.25, 0.3) is 0 Å². The number of nitrogens with zero attached hydrogens (tertiary/aromatic N) is 1. The number of aliphatic carboxylic acids is 1. The highest BCUT2D eigenvalue weighted by Gasteiger charge is 2.49. The molecule has 3 rings (SSSR count). The van der Waals surface area contributed by atoms with Crippen LogP contribution in [0.3, 0.4) is 0 Å². The lowest BCUT2D eigenvalue weighted by atomic mass is 9.88. The fraction of sp³-hybridized carbons (Fsp3) is 0.350. The molecule has 0 amide bonds. The van der Waals surface area contributed by atoms with Gasteiger partial charge in [-0.2, -0.15) is 4.31 Å². The first-order valence-corrected chi connectivity index (χ1v) is 10.5. The maximum atomic E-state index is 13.0. The van der Waals surface area contributed by atoms with E-state index in [1.807, 2.05) is 0 Å². The Balaban J connectivity index is 1.77. The molecule has 1 heterocycles. The van der Waals surface area contributed by atoms with Gasteiger partial charge in [-0.3, -0.25) is 4.79 Å². The Morgan fingerprint density at radius 1 is 1.21 bits per heavy atom. The second kappa shape index (κ2) is 8.10. The van der Waals surface area contributed by atoms with Gasteiger partial charge in [0, 0.05) is 6.54 Å². The standard InChI is InChI=1S/C20H22FNO6S/c1-20(25)11-2-12-22(18(20)19(23)24)29(26,27)17-9-7-16(8-10-17)28-13-14-3-5-15(21)6-4-14/h3-10,18,25H,2,11-13H2,1H3,(H,23,24)/t18-,20?/m0/s1. The van der Waals surface area contributed by atoms with Crippen LogP contribution < -0.4 is 4.74 Å². The van der Waals surface area contributed by atoms with Crippen molar-refractivity contribution in [2.45, 2.75) is 42.9 Å². The summed E-state index contributed by atoms with van der Waals surface area (Å²) in [6.45, 7) is 1.53. The molecule has 2 aromatic carbocycles. The molecule has 1 unspecified atom stereocenters. The number of hydrogen-bond donors (Lipinski definition) is 2. The Hall–Kier alpha value is -2.49. The second-order valence-electron chi connectivity index (χ2n) is 7.20. The molecule has 9 heteroatoms. The van der Waals surface area contributed by atoms with Crippen LogP contribution in [0.2, 0.25) is 0 Å². The van der Waals surface area contributed by atoms with Gasteiger partial charge in [0.15, 0.2) is 6.04 Å². The Kier molecular flexibility index (Phi) is 5.92. The molecule has 1 saturated heterocycles. The van der Waals surface area contributed by atoms with Crippen molar-refractivity contribution in [2.75, 3.05) is 6.54 Å². The van der Waals surface area contributed by atoms with Crippen molar-refractivity contribution in [1.82, 2.24) is 4.31 Å². The third-order valence-corrected chi connectivity index (χ3v) is 6.80. The molecule has 2 atom stereocenters. The normalized spacial score (nSPS) is 22.9. The van der Waals surface area contributed by atoms with Crippen LogP contribution in [0.5, 0.6) is 5.75 Å². The monoisotopic (exact) mass is 423 g/mol. The van der Waals surface area contributed by atoms with Crippen LogP contribution >= 0.6 is 0 Å². The van der Waals surface area contributed by atoms with Crippen molar-refractivity contribution in [1.29, 1.82) is 0 Å². The van der Waals surface area contributed by atoms with Crippen molar-refractivity contribution in [2.24, 2.45) is 0 Å². The molecule has 29 heavy (non-hydrogen) atoms. The van der Waals surface area contributed by atoms with Gasteiger partial charge in [-0.25, -0.2) is 12.8 Å². The van der Waals surface area contributed by atoms with Gasteiger partial charge < -0.3 is 14.9 Å². The van der Waals surface area contributed by atoms with Crippen LogP contribution in [0.1, 0.15) is 25.3 Å². The van der Waals surface area contributed by atoms with Gasteiger partial charge in [-0.05, 0) is 61.7 Å². The lowest BCUT2D eigenvalue weighted by Crippen LogP contribution is -2.60. The summed E-state index contributed by atoms with van der Waals surface area (Å²) in [5.41, 5.74) is -0.905. The minimum absolute atomic E-state index is 0.0122. The smallest absolute Gasteiger partial charge is 0.325 e. The number of carbonyl (C=O) groups is 1. The topological polar surface area (TPSA) is 104 Å². The van der Waals surface area contributed by atoms with Gasteiger partial charge in [0.05, 0.1) is 10.5 Å². The number of halogens is 1. The van der Waals surface area contributed by atoms with E-state index in [-0.39, 0.29) is 30.3 Å². The highest BCUT2D eigenvalue weighted by atomic mass is 32.2. The summed E-state index contributed by atoms with van der Waals surface area (Å²) in [6.07, 6.45) is 0.557. The molecule has 0 saturated carbocycles. The van der Waals surface area contributed by atoms with Gasteiger partial charge in [-0.1, -0.05) is 12.1 Å². The van der Waals surface area contributed by atoms with E-state index in [0.29, 0.717) is 12.2 Å². The Bertz CT molecular complexity index is 973. The van der Waals surface area contributed by atoms with Crippen LogP contribution in [0.25, 0.3) is 0 Å². The molecule has 0 aromatic heterocycles. The maximum Gasteiger partial charge on any atom is 0.325 e. The fourth-order valence-corrected chi connectivity index (χ4v) is 5.12. The summed E-state index contributed by atoms with van der Waals surface area (Å²) < 4.78 is 45.3. The number of sulfonamides is 1. The Morgan fingerprint density at radius 2 is 1.83 bits per heavy atom. The molecule has 2 N–H and O–H groups in total. The summed E-state index contributed by atoms with van der Waals surface area (Å²) in [6, 6.07) is 9.85. The zero-order chi connectivity index (χ0) is 21.2. The highest BCUT2D eigenvalue weighted by molar-refractivity contribution is 7.89. The number of aliphatic hydroxyl groups is 1. The molecule has 0 spiro atoms. The highest BCUT2D eigenvalue weighted by Crippen LogP contribution is 2.32. The lowest BCUT2D eigenvalue weighted by Gasteiger charge is -2.41. The van der Waals surface area contributed by atoms with E-state index in [4.69, 9.17) is 4.74 Å². The van der Waals surface area contributed by atoms with Crippen molar-refractivity contribution in [3.63, 3.8) is 0 Å². The minimum Gasteiger partial charge on any atom is -0.489 e. The number of carboxylic acids is 1. The van der Waals surface area contributed by atoms with Crippen LogP contribution in [0.15, 0.2) is 53.4 Å². The van der Waals surface area contributed by atoms with Gasteiger partial charge in [0.2, 0.25) is 10.0 Å². The molecule has 1 aliphatic rings. The van der Waals surface area contributed by atoms with E-state index in [1.165, 1.54) is 43.3 Å². The Morgan fingerprint density at radius 3 is 2.41 bits per heavy atom. The van der Waals surface area contributed by atoms with Crippen LogP contribution in [-0.2, 0) is 21.4 Å². The first-order valence-electron chi connectivity index (χ1n) is 9.05. The predicted octanol–water partition coefficient (Wildman–Crippen LogP) is 2.39. The molecule has 156 valence electrons. The number of ether oxygens (including phenoxy) is 1. The largest absolute Gasteiger partial charge is 0.489 e. The number of hydrogen-bond acceptors (Lipinski definition) is 5. The first-order chi connectivity index (χ1) is 13.6. The van der Waals surface area contributed by atoms with Crippen LogP contribution in [0.4, 0.5) is 4.39 Å². The molecule has 7 nitrogen and oxygen atoms in total. The summed E-state index contributed by atoms with van der Waals surface area (Å²) >= 11 is 0. The van der Waals surface area contributed by atoms with Crippen molar-refractivity contribution in [3.8, 4) is 5.75 Å². The quantitative estimate of drug-likeness (QED) is 0.739. The third kappa shape index (κ3) is 4.58. The van der Waals surface area contributed by atoms with Crippen LogP contribution in [0, 0.1) is 5.82 Å². The molecular weight excluding hydrogens is 401 g/mol. The zero-order valence-corrected chi connectivity index (χ0v) is 16.6. The molecule has 0 bridgehead atoms. The second-order valence-corrected chi connectivity index (χ2v) is 9.09. The SMILES string of the molecule is CC1(O)CCCN(S(=O)(=O)c2ccc(OCc3ccc(F)cc3)cc2)[C@H]1C(=O)O. The first kappa shape index (κ1) is 21.2. The zero-order valence-electron chi connectivity index (χ0n) is 15.8. The van der Waals surface area contributed by atoms with E-state index in [9.17, 15) is 27.8 Å². The molecule has 1 aliphatic heterocycles. The molecular formula is C20H22FNO6S. The average Bonchev–Trinajstić information content (AvgIpc) is 2.66. The number of benzene rings is 2. The average molecular weight is 423 g/mol. The third-order valence-electron chi connectivity index (χ3n) is 4.92. The molecule has 1 fully saturated rings. The molecule has 0 radical (unpaired) electrons. The number of carboxylic acid groups (broad SMARTS) is 1. The summed E-state index contributed by atoms with van der Waals surface area (Å²) in [4.78, 5) is 11.6. The number of rotatable bonds is 6. The van der Waals surface area contributed by atoms with Gasteiger partial charge in [-0.15, -0.1) is 0 Å². The predicted molar refractivity (Wildman–Crippen MR) is 102 cm³/mol. The van der Waals surface area contributed by atoms with Gasteiger partial charge in [0.1, 0.15) is 18.2 Å². The minimum atomic E-state index is -4.12. The van der Waals surface area contributed by atoms with Crippen molar-refractivity contribution in [3.05, 3.63) is 59.9 Å². The molecule has 0 aliphatic carbocycles. The molecule has 2 aromatic rings. The van der Waals surface area contributed by atoms with E-state index in [2.05, 4.69) is 0 Å². The summed E-state index contributed by atoms with van der Waals surface area (Å²) in [5, 5.41) is 19.9. The maximum absolute atomic E-state index is 13.0. The van der Waals surface area contributed by atoms with Crippen molar-refractivity contribution < 1.29 is 32.6 Å². The summed E-state index contributed by atoms with van der Waals surface area (Å²) in [7, 11) is -4.12.